The van der Waals surface area contributed by atoms with Crippen molar-refractivity contribution in [2.45, 2.75) is 20.0 Å². The van der Waals surface area contributed by atoms with E-state index < -0.39 is 5.97 Å². The lowest BCUT2D eigenvalue weighted by Gasteiger charge is -2.09. The van der Waals surface area contributed by atoms with Crippen LogP contribution in [0.15, 0.2) is 12.7 Å². The molecule has 0 aliphatic rings. The lowest BCUT2D eigenvalue weighted by Crippen LogP contribution is -2.15. The monoisotopic (exact) mass is 422 g/mol. The Morgan fingerprint density at radius 1 is 0.621 bits per heavy atom. The number of ether oxygens (including phenoxy) is 8. The normalized spacial score (nSPS) is 11.1. The van der Waals surface area contributed by atoms with Crippen LogP contribution < -0.4 is 0 Å². The molecule has 0 atom stereocenters. The molecule has 29 heavy (non-hydrogen) atoms. The highest BCUT2D eigenvalue weighted by molar-refractivity contribution is 5.81. The number of hydrogen-bond acceptors (Lipinski definition) is 9. The summed E-state index contributed by atoms with van der Waals surface area (Å²) in [5.74, 6) is -0.452. The van der Waals surface area contributed by atoms with E-state index in [1.165, 1.54) is 0 Å². The molecule has 0 amide bonds. The zero-order valence-electron chi connectivity index (χ0n) is 17.9. The van der Waals surface area contributed by atoms with Gasteiger partial charge in [-0.15, -0.1) is 0 Å². The van der Waals surface area contributed by atoms with Crippen LogP contribution in [-0.2, 0) is 42.7 Å². The third kappa shape index (κ3) is 24.9. The third-order valence-corrected chi connectivity index (χ3v) is 3.18. The number of carbonyl (C=O) groups is 1. The van der Waals surface area contributed by atoms with E-state index in [9.17, 15) is 4.79 Å². The number of esters is 1. The van der Waals surface area contributed by atoms with Gasteiger partial charge in [0.15, 0.2) is 0 Å². The predicted molar refractivity (Wildman–Crippen MR) is 107 cm³/mol. The first kappa shape index (κ1) is 27.9. The summed E-state index contributed by atoms with van der Waals surface area (Å²) in [6.45, 7) is 14.1. The molecule has 9 heteroatoms. The van der Waals surface area contributed by atoms with Gasteiger partial charge >= 0.3 is 5.97 Å². The Morgan fingerprint density at radius 3 is 1.24 bits per heavy atom. The largest absolute Gasteiger partial charge is 0.460 e. The summed E-state index contributed by atoms with van der Waals surface area (Å²) in [5.41, 5.74) is 0. The first-order chi connectivity index (χ1) is 14.2. The van der Waals surface area contributed by atoms with Gasteiger partial charge in [-0.25, -0.2) is 4.79 Å². The van der Waals surface area contributed by atoms with E-state index in [-0.39, 0.29) is 12.7 Å². The molecule has 0 aromatic rings. The molecule has 0 rings (SSSR count). The molecule has 0 aliphatic carbocycles. The molecule has 0 aromatic heterocycles. The van der Waals surface area contributed by atoms with E-state index in [4.69, 9.17) is 37.9 Å². The zero-order chi connectivity index (χ0) is 21.4. The smallest absolute Gasteiger partial charge is 0.330 e. The van der Waals surface area contributed by atoms with Gasteiger partial charge in [-0.2, -0.15) is 0 Å². The second kappa shape index (κ2) is 23.2. The van der Waals surface area contributed by atoms with Crippen LogP contribution in [0, 0.1) is 0 Å². The lowest BCUT2D eigenvalue weighted by atomic mass is 10.5. The van der Waals surface area contributed by atoms with E-state index in [0.717, 1.165) is 6.08 Å². The van der Waals surface area contributed by atoms with Crippen molar-refractivity contribution in [3.63, 3.8) is 0 Å². The van der Waals surface area contributed by atoms with E-state index in [2.05, 4.69) is 6.58 Å². The molecular formula is C20H38O9. The minimum atomic E-state index is -0.452. The fraction of sp³-hybridized carbons (Fsp3) is 0.850. The van der Waals surface area contributed by atoms with Crippen molar-refractivity contribution in [2.75, 3.05) is 92.5 Å². The van der Waals surface area contributed by atoms with E-state index in [1.807, 2.05) is 13.8 Å². The highest BCUT2D eigenvalue weighted by Gasteiger charge is 1.96. The predicted octanol–water partition coefficient (Wildman–Crippen LogP) is 1.24. The topological polar surface area (TPSA) is 90.9 Å². The van der Waals surface area contributed by atoms with Crippen molar-refractivity contribution in [3.8, 4) is 0 Å². The van der Waals surface area contributed by atoms with Crippen LogP contribution in [0.3, 0.4) is 0 Å². The summed E-state index contributed by atoms with van der Waals surface area (Å²) in [5, 5.41) is 0. The molecule has 0 spiro atoms. The van der Waals surface area contributed by atoms with Gasteiger partial charge in [-0.05, 0) is 13.8 Å². The standard InChI is InChI=1S/C20H38O9/c1-4-20(21)29-18-16-27-14-12-25-10-8-23-6-5-22-7-9-24-11-13-26-15-17-28-19(2)3/h4,19H,1,5-18H2,2-3H3. The average Bonchev–Trinajstić information content (AvgIpc) is 2.71. The Kier molecular flexibility index (Phi) is 22.4. The number of carbonyl (C=O) groups excluding carboxylic acids is 1. The zero-order valence-corrected chi connectivity index (χ0v) is 17.9. The molecule has 0 saturated heterocycles. The van der Waals surface area contributed by atoms with Crippen LogP contribution in [-0.4, -0.2) is 105 Å². The van der Waals surface area contributed by atoms with Crippen molar-refractivity contribution in [1.82, 2.24) is 0 Å². The van der Waals surface area contributed by atoms with Crippen LogP contribution >= 0.6 is 0 Å². The Labute approximate surface area is 174 Å². The number of hydrogen-bond donors (Lipinski definition) is 0. The van der Waals surface area contributed by atoms with Crippen molar-refractivity contribution in [2.24, 2.45) is 0 Å². The first-order valence-electron chi connectivity index (χ1n) is 10.0. The van der Waals surface area contributed by atoms with E-state index in [1.54, 1.807) is 0 Å². The Hall–Kier alpha value is -1.07. The van der Waals surface area contributed by atoms with Crippen LogP contribution in [0.5, 0.6) is 0 Å². The van der Waals surface area contributed by atoms with Crippen molar-refractivity contribution >= 4 is 5.97 Å². The molecule has 0 bridgehead atoms. The molecule has 0 N–H and O–H groups in total. The summed E-state index contributed by atoms with van der Waals surface area (Å²) in [6, 6.07) is 0. The average molecular weight is 423 g/mol. The van der Waals surface area contributed by atoms with Gasteiger partial charge < -0.3 is 37.9 Å². The van der Waals surface area contributed by atoms with Crippen LogP contribution in [0.1, 0.15) is 13.8 Å². The number of rotatable bonds is 23. The summed E-state index contributed by atoms with van der Waals surface area (Å²) < 4.78 is 42.3. The SMILES string of the molecule is C=CC(=O)OCCOCCOCCOCCOCCOCCOCCOC(C)C. The minimum Gasteiger partial charge on any atom is -0.460 e. The van der Waals surface area contributed by atoms with Gasteiger partial charge in [-0.1, -0.05) is 6.58 Å². The van der Waals surface area contributed by atoms with Crippen LogP contribution in [0.25, 0.3) is 0 Å². The van der Waals surface area contributed by atoms with E-state index in [0.29, 0.717) is 85.9 Å². The highest BCUT2D eigenvalue weighted by Crippen LogP contribution is 1.88. The van der Waals surface area contributed by atoms with Crippen LogP contribution in [0.2, 0.25) is 0 Å². The first-order valence-corrected chi connectivity index (χ1v) is 10.0. The third-order valence-electron chi connectivity index (χ3n) is 3.18. The maximum absolute atomic E-state index is 10.8. The van der Waals surface area contributed by atoms with Crippen molar-refractivity contribution in [1.29, 1.82) is 0 Å². The summed E-state index contributed by atoms with van der Waals surface area (Å²) in [6.07, 6.45) is 1.35. The lowest BCUT2D eigenvalue weighted by molar-refractivity contribution is -0.139. The Balaban J connectivity index is 3.03. The molecule has 9 nitrogen and oxygen atoms in total. The Bertz CT molecular complexity index is 364. The minimum absolute atomic E-state index is 0.209. The van der Waals surface area contributed by atoms with Gasteiger partial charge in [0.1, 0.15) is 6.61 Å². The summed E-state index contributed by atoms with van der Waals surface area (Å²) >= 11 is 0. The molecule has 0 radical (unpaired) electrons. The van der Waals surface area contributed by atoms with Gasteiger partial charge in [0.25, 0.3) is 0 Å². The summed E-state index contributed by atoms with van der Waals surface area (Å²) in [4.78, 5) is 10.8. The van der Waals surface area contributed by atoms with Gasteiger partial charge in [-0.3, -0.25) is 0 Å². The summed E-state index contributed by atoms with van der Waals surface area (Å²) in [7, 11) is 0. The molecule has 0 heterocycles. The fourth-order valence-electron chi connectivity index (χ4n) is 1.80. The van der Waals surface area contributed by atoms with Crippen molar-refractivity contribution in [3.05, 3.63) is 12.7 Å². The van der Waals surface area contributed by atoms with Gasteiger partial charge in [0.2, 0.25) is 0 Å². The van der Waals surface area contributed by atoms with Crippen molar-refractivity contribution < 1.29 is 42.7 Å². The molecule has 0 aromatic carbocycles. The molecule has 0 saturated carbocycles. The molecule has 172 valence electrons. The quantitative estimate of drug-likeness (QED) is 0.137. The molecular weight excluding hydrogens is 384 g/mol. The van der Waals surface area contributed by atoms with Gasteiger partial charge in [0.05, 0.1) is 92.0 Å². The highest BCUT2D eigenvalue weighted by atomic mass is 16.6. The molecule has 0 unspecified atom stereocenters. The second-order valence-electron chi connectivity index (χ2n) is 5.97. The molecule has 0 aliphatic heterocycles. The van der Waals surface area contributed by atoms with E-state index >= 15 is 0 Å². The Morgan fingerprint density at radius 2 is 0.931 bits per heavy atom. The maximum atomic E-state index is 10.8. The second-order valence-corrected chi connectivity index (χ2v) is 5.97. The van der Waals surface area contributed by atoms with Gasteiger partial charge in [0, 0.05) is 6.08 Å². The van der Waals surface area contributed by atoms with Crippen LogP contribution in [0.4, 0.5) is 0 Å². The fourth-order valence-corrected chi connectivity index (χ4v) is 1.80. The molecule has 0 fully saturated rings. The maximum Gasteiger partial charge on any atom is 0.330 e.